The van der Waals surface area contributed by atoms with Crippen molar-refractivity contribution in [1.29, 1.82) is 0 Å². The number of anilines is 2. The van der Waals surface area contributed by atoms with E-state index in [1.165, 1.54) is 0 Å². The van der Waals surface area contributed by atoms with Crippen LogP contribution in [0, 0.1) is 0 Å². The molecule has 0 aromatic heterocycles. The summed E-state index contributed by atoms with van der Waals surface area (Å²) in [5.74, 6) is -3.52. The molecule has 3 aromatic carbocycles. The molecule has 0 atom stereocenters. The Morgan fingerprint density at radius 1 is 0.973 bits per heavy atom. The smallest absolute Gasteiger partial charge is 0.475 e. The summed E-state index contributed by atoms with van der Waals surface area (Å²) < 4.78 is 31.7. The van der Waals surface area contributed by atoms with Crippen LogP contribution >= 0.6 is 0 Å². The lowest BCUT2D eigenvalue weighted by atomic mass is 9.99. The third-order valence-corrected chi connectivity index (χ3v) is 5.18. The van der Waals surface area contributed by atoms with Gasteiger partial charge in [0, 0.05) is 29.0 Å². The summed E-state index contributed by atoms with van der Waals surface area (Å²) in [6, 6.07) is 22.7. The molecule has 4 rings (SSSR count). The van der Waals surface area contributed by atoms with Gasteiger partial charge in [0.2, 0.25) is 5.91 Å². The van der Waals surface area contributed by atoms with Gasteiger partial charge in [-0.3, -0.25) is 9.59 Å². The number of fused-ring (bicyclic) bond motifs is 1. The van der Waals surface area contributed by atoms with Crippen LogP contribution in [0.2, 0.25) is 0 Å². The van der Waals surface area contributed by atoms with E-state index in [0.29, 0.717) is 22.5 Å². The molecule has 1 heterocycles. The number of primary amides is 1. The third kappa shape index (κ3) is 6.73. The second-order valence-electron chi connectivity index (χ2n) is 7.85. The topological polar surface area (TPSA) is 134 Å². The van der Waals surface area contributed by atoms with Crippen LogP contribution in [0.3, 0.4) is 0 Å². The third-order valence-electron chi connectivity index (χ3n) is 5.18. The molecule has 6 N–H and O–H groups in total. The van der Waals surface area contributed by atoms with Gasteiger partial charge in [0.15, 0.2) is 0 Å². The average Bonchev–Trinajstić information content (AvgIpc) is 3.18. The Kier molecular flexibility index (Phi) is 8.30. The second-order valence-corrected chi connectivity index (χ2v) is 7.85. The lowest BCUT2D eigenvalue weighted by Gasteiger charge is -2.15. The number of aliphatic carboxylic acids is 1. The maximum Gasteiger partial charge on any atom is 0.490 e. The van der Waals surface area contributed by atoms with Gasteiger partial charge in [0.05, 0.1) is 11.3 Å². The van der Waals surface area contributed by atoms with Gasteiger partial charge in [0.25, 0.3) is 5.91 Å². The molecule has 37 heavy (non-hydrogen) atoms. The van der Waals surface area contributed by atoms with E-state index in [2.05, 4.69) is 16.0 Å². The van der Waals surface area contributed by atoms with Crippen molar-refractivity contribution >= 4 is 40.4 Å². The quantitative estimate of drug-likeness (QED) is 0.316. The van der Waals surface area contributed by atoms with Gasteiger partial charge in [-0.2, -0.15) is 13.2 Å². The van der Waals surface area contributed by atoms with Crippen LogP contribution < -0.4 is 21.7 Å². The number of carbonyl (C=O) groups is 3. The lowest BCUT2D eigenvalue weighted by Crippen LogP contribution is -2.21. The number of amides is 2. The fraction of sp³-hybridized carbons (Fsp3) is 0.115. The highest BCUT2D eigenvalue weighted by atomic mass is 19.4. The normalized spacial score (nSPS) is 13.6. The molecule has 1 aliphatic rings. The minimum Gasteiger partial charge on any atom is -0.475 e. The van der Waals surface area contributed by atoms with Gasteiger partial charge in [-0.1, -0.05) is 48.5 Å². The molecule has 8 nitrogen and oxygen atoms in total. The molecule has 2 amide bonds. The Bertz CT molecular complexity index is 1360. The van der Waals surface area contributed by atoms with Crippen molar-refractivity contribution in [1.82, 2.24) is 5.32 Å². The Morgan fingerprint density at radius 3 is 2.24 bits per heavy atom. The summed E-state index contributed by atoms with van der Waals surface area (Å²) >= 11 is 0. The summed E-state index contributed by atoms with van der Waals surface area (Å²) in [6.45, 7) is 0.742. The summed E-state index contributed by atoms with van der Waals surface area (Å²) in [4.78, 5) is 33.4. The average molecular weight is 512 g/mol. The van der Waals surface area contributed by atoms with E-state index in [-0.39, 0.29) is 5.91 Å². The second kappa shape index (κ2) is 11.4. The number of alkyl halides is 3. The zero-order chi connectivity index (χ0) is 27.2. The Balaban J connectivity index is 0.000000479. The molecule has 0 saturated heterocycles. The molecule has 192 valence electrons. The molecule has 0 unspecified atom stereocenters. The minimum absolute atomic E-state index is 0.232. The Labute approximate surface area is 210 Å². The van der Waals surface area contributed by atoms with Crippen LogP contribution in [0.5, 0.6) is 0 Å². The van der Waals surface area contributed by atoms with E-state index < -0.39 is 18.1 Å². The summed E-state index contributed by atoms with van der Waals surface area (Å²) in [5.41, 5.74) is 11.1. The lowest BCUT2D eigenvalue weighted by molar-refractivity contribution is -0.192. The van der Waals surface area contributed by atoms with Crippen molar-refractivity contribution in [2.24, 2.45) is 5.73 Å². The zero-order valence-corrected chi connectivity index (χ0v) is 19.5. The van der Waals surface area contributed by atoms with Crippen LogP contribution in [-0.4, -0.2) is 36.1 Å². The molecule has 11 heteroatoms. The van der Waals surface area contributed by atoms with Crippen molar-refractivity contribution in [2.75, 3.05) is 17.7 Å². The summed E-state index contributed by atoms with van der Waals surface area (Å²) in [6.07, 6.45) is -5.08. The SMILES string of the molecule is CNCc1cccc(N/C(=C2\C(=O)Nc3cc(C(N)=O)ccc32)c2ccccc2)c1.O=C(O)C(F)(F)F. The predicted molar refractivity (Wildman–Crippen MR) is 133 cm³/mol. The summed E-state index contributed by atoms with van der Waals surface area (Å²) in [7, 11) is 1.90. The number of carboxylic acid groups (broad SMARTS) is 1. The van der Waals surface area contributed by atoms with Crippen LogP contribution in [0.15, 0.2) is 72.8 Å². The van der Waals surface area contributed by atoms with Gasteiger partial charge < -0.3 is 26.8 Å². The van der Waals surface area contributed by atoms with Gasteiger partial charge >= 0.3 is 12.1 Å². The number of carboxylic acids is 1. The van der Waals surface area contributed by atoms with E-state index in [9.17, 15) is 22.8 Å². The van der Waals surface area contributed by atoms with Gasteiger partial charge in [-0.05, 0) is 42.4 Å². The zero-order valence-electron chi connectivity index (χ0n) is 19.5. The maximum absolute atomic E-state index is 13.0. The van der Waals surface area contributed by atoms with Gasteiger partial charge in [-0.15, -0.1) is 0 Å². The highest BCUT2D eigenvalue weighted by Gasteiger charge is 2.38. The molecule has 0 spiro atoms. The summed E-state index contributed by atoms with van der Waals surface area (Å²) in [5, 5.41) is 16.6. The standard InChI is InChI=1S/C24H22N4O2.C2HF3O2/c1-26-14-15-6-5-9-18(12-15)27-22(16-7-3-2-4-8-16)21-19-11-10-17(23(25)29)13-20(19)28-24(21)30;3-2(4,5)1(6)7/h2-13,26-27H,14H2,1H3,(H2,25,29)(H,28,30);(H,6,7)/b22-21-;. The van der Waals surface area contributed by atoms with Crippen molar-refractivity contribution in [3.05, 3.63) is 95.1 Å². The number of hydrogen-bond acceptors (Lipinski definition) is 5. The van der Waals surface area contributed by atoms with Crippen molar-refractivity contribution in [3.8, 4) is 0 Å². The molecule has 0 saturated carbocycles. The molecule has 1 aliphatic heterocycles. The highest BCUT2D eigenvalue weighted by Crippen LogP contribution is 2.38. The fourth-order valence-corrected chi connectivity index (χ4v) is 3.57. The van der Waals surface area contributed by atoms with Crippen LogP contribution in [-0.2, 0) is 16.1 Å². The monoisotopic (exact) mass is 512 g/mol. The van der Waals surface area contributed by atoms with E-state index >= 15 is 0 Å². The molecule has 0 radical (unpaired) electrons. The first-order chi connectivity index (χ1) is 17.5. The first-order valence-electron chi connectivity index (χ1n) is 10.9. The number of nitrogens with two attached hydrogens (primary N) is 1. The van der Waals surface area contributed by atoms with Gasteiger partial charge in [0.1, 0.15) is 0 Å². The van der Waals surface area contributed by atoms with E-state index in [0.717, 1.165) is 28.9 Å². The van der Waals surface area contributed by atoms with Crippen molar-refractivity contribution in [2.45, 2.75) is 12.7 Å². The van der Waals surface area contributed by atoms with E-state index in [1.54, 1.807) is 18.2 Å². The van der Waals surface area contributed by atoms with Crippen LogP contribution in [0.25, 0.3) is 11.3 Å². The maximum atomic E-state index is 13.0. The molecule has 0 fully saturated rings. The number of nitrogens with one attached hydrogen (secondary N) is 3. The number of hydrogen-bond donors (Lipinski definition) is 5. The molecular weight excluding hydrogens is 489 g/mol. The molecule has 0 bridgehead atoms. The molecule has 3 aromatic rings. The number of benzene rings is 3. The van der Waals surface area contributed by atoms with E-state index in [1.807, 2.05) is 61.6 Å². The van der Waals surface area contributed by atoms with Gasteiger partial charge in [-0.25, -0.2) is 4.79 Å². The number of carbonyl (C=O) groups excluding carboxylic acids is 2. The first kappa shape index (κ1) is 27.0. The van der Waals surface area contributed by atoms with E-state index in [4.69, 9.17) is 15.6 Å². The number of rotatable bonds is 6. The fourth-order valence-electron chi connectivity index (χ4n) is 3.57. The van der Waals surface area contributed by atoms with Crippen molar-refractivity contribution < 1.29 is 32.7 Å². The Hall–Kier alpha value is -4.64. The van der Waals surface area contributed by atoms with Crippen LogP contribution in [0.4, 0.5) is 24.5 Å². The first-order valence-corrected chi connectivity index (χ1v) is 10.9. The molecule has 0 aliphatic carbocycles. The van der Waals surface area contributed by atoms with Crippen LogP contribution in [0.1, 0.15) is 27.0 Å². The minimum atomic E-state index is -5.08. The predicted octanol–water partition coefficient (Wildman–Crippen LogP) is 4.07. The molecular formula is C26H23F3N4O4. The van der Waals surface area contributed by atoms with Crippen molar-refractivity contribution in [3.63, 3.8) is 0 Å². The Morgan fingerprint density at radius 2 is 1.65 bits per heavy atom. The number of halogens is 3. The largest absolute Gasteiger partial charge is 0.490 e. The highest BCUT2D eigenvalue weighted by molar-refractivity contribution is 6.37.